The number of aryl methyl sites for hydroxylation is 1. The third-order valence-electron chi connectivity index (χ3n) is 9.38. The van der Waals surface area contributed by atoms with Crippen molar-refractivity contribution in [1.29, 1.82) is 5.26 Å². The van der Waals surface area contributed by atoms with Gasteiger partial charge in [0.15, 0.2) is 0 Å². The monoisotopic (exact) mass is 635 g/mol. The van der Waals surface area contributed by atoms with Gasteiger partial charge in [0.1, 0.15) is 11.6 Å². The van der Waals surface area contributed by atoms with Crippen molar-refractivity contribution < 1.29 is 4.74 Å². The van der Waals surface area contributed by atoms with Gasteiger partial charge < -0.3 is 4.74 Å². The van der Waals surface area contributed by atoms with Crippen LogP contribution in [-0.4, -0.2) is 15.7 Å². The molecule has 48 heavy (non-hydrogen) atoms. The van der Waals surface area contributed by atoms with E-state index in [0.29, 0.717) is 23.7 Å². The molecule has 2 aliphatic carbocycles. The quantitative estimate of drug-likeness (QED) is 0.170. The highest BCUT2D eigenvalue weighted by Gasteiger charge is 2.30. The van der Waals surface area contributed by atoms with Gasteiger partial charge in [-0.1, -0.05) is 92.1 Å². The van der Waals surface area contributed by atoms with E-state index in [1.807, 2.05) is 93.6 Å². The lowest BCUT2D eigenvalue weighted by atomic mass is 9.84. The first-order chi connectivity index (χ1) is 23.4. The van der Waals surface area contributed by atoms with Crippen LogP contribution < -0.4 is 10.3 Å². The van der Waals surface area contributed by atoms with Crippen LogP contribution in [0.2, 0.25) is 0 Å². The van der Waals surface area contributed by atoms with Gasteiger partial charge in [0.2, 0.25) is 0 Å². The molecular formula is C43H45N3O2. The van der Waals surface area contributed by atoms with Crippen LogP contribution in [0, 0.1) is 18.3 Å². The summed E-state index contributed by atoms with van der Waals surface area (Å²) >= 11 is 0. The van der Waals surface area contributed by atoms with Crippen molar-refractivity contribution in [1.82, 2.24) is 9.55 Å². The molecule has 0 aliphatic heterocycles. The molecule has 0 saturated heterocycles. The highest BCUT2D eigenvalue weighted by Crippen LogP contribution is 2.40. The van der Waals surface area contributed by atoms with Crippen molar-refractivity contribution >= 4 is 0 Å². The number of nitrogens with zero attached hydrogens (tertiary/aromatic N) is 3. The van der Waals surface area contributed by atoms with Crippen molar-refractivity contribution in [3.63, 3.8) is 0 Å². The van der Waals surface area contributed by atoms with Crippen LogP contribution in [0.1, 0.15) is 104 Å². The maximum Gasteiger partial charge on any atom is 0.261 e. The van der Waals surface area contributed by atoms with Crippen LogP contribution in [0.5, 0.6) is 5.75 Å². The lowest BCUT2D eigenvalue weighted by Gasteiger charge is -2.21. The highest BCUT2D eigenvalue weighted by molar-refractivity contribution is 5.70. The van der Waals surface area contributed by atoms with Crippen LogP contribution in [0.15, 0.2) is 108 Å². The number of benzene rings is 4. The van der Waals surface area contributed by atoms with E-state index in [4.69, 9.17) is 9.72 Å². The fourth-order valence-electron chi connectivity index (χ4n) is 6.79. The van der Waals surface area contributed by atoms with Gasteiger partial charge in [-0.25, -0.2) is 4.98 Å². The van der Waals surface area contributed by atoms with Crippen LogP contribution in [0.3, 0.4) is 0 Å². The Kier molecular flexibility index (Phi) is 10.5. The topological polar surface area (TPSA) is 67.9 Å². The van der Waals surface area contributed by atoms with Gasteiger partial charge in [0, 0.05) is 17.9 Å². The predicted octanol–water partition coefficient (Wildman–Crippen LogP) is 10.1. The van der Waals surface area contributed by atoms with Crippen LogP contribution in [0.4, 0.5) is 0 Å². The normalized spacial score (nSPS) is 14.6. The summed E-state index contributed by atoms with van der Waals surface area (Å²) in [5.74, 6) is 2.71. The van der Waals surface area contributed by atoms with E-state index in [9.17, 15) is 10.1 Å². The number of aromatic nitrogens is 2. The van der Waals surface area contributed by atoms with E-state index in [0.717, 1.165) is 58.1 Å². The molecule has 2 saturated carbocycles. The van der Waals surface area contributed by atoms with Crippen LogP contribution >= 0.6 is 0 Å². The van der Waals surface area contributed by atoms with E-state index in [-0.39, 0.29) is 11.7 Å². The second-order valence-corrected chi connectivity index (χ2v) is 13.4. The van der Waals surface area contributed by atoms with E-state index < -0.39 is 0 Å². The molecule has 5 nitrogen and oxygen atoms in total. The number of rotatable bonds is 8. The zero-order chi connectivity index (χ0) is 33.5. The molecule has 5 aromatic rings. The first kappa shape index (κ1) is 33.0. The fraction of sp³-hybridized carbons (Fsp3) is 0.326. The van der Waals surface area contributed by atoms with Crippen molar-refractivity contribution in [3.05, 3.63) is 147 Å². The average Bonchev–Trinajstić information content (AvgIpc) is 3.97. The zero-order valence-corrected chi connectivity index (χ0v) is 28.4. The molecule has 1 aromatic heterocycles. The number of hydrogen-bond donors (Lipinski definition) is 0. The molecule has 0 radical (unpaired) electrons. The predicted molar refractivity (Wildman–Crippen MR) is 194 cm³/mol. The third kappa shape index (κ3) is 7.94. The summed E-state index contributed by atoms with van der Waals surface area (Å²) in [6.07, 6.45) is 9.89. The minimum atomic E-state index is -0.0131. The summed E-state index contributed by atoms with van der Waals surface area (Å²) in [6.45, 7) is 5.88. The minimum absolute atomic E-state index is 0.0131. The minimum Gasteiger partial charge on any atom is -0.491 e. The van der Waals surface area contributed by atoms with Crippen molar-refractivity contribution in [2.45, 2.75) is 90.1 Å². The largest absolute Gasteiger partial charge is 0.491 e. The second kappa shape index (κ2) is 15.3. The van der Waals surface area contributed by atoms with Gasteiger partial charge in [-0.2, -0.15) is 5.26 Å². The van der Waals surface area contributed by atoms with Crippen LogP contribution in [-0.2, 0) is 6.42 Å². The van der Waals surface area contributed by atoms with Gasteiger partial charge in [-0.05, 0) is 105 Å². The lowest BCUT2D eigenvalue weighted by Crippen LogP contribution is -2.28. The summed E-state index contributed by atoms with van der Waals surface area (Å²) in [5, 5.41) is 9.44. The van der Waals surface area contributed by atoms with E-state index in [1.54, 1.807) is 10.1 Å². The Morgan fingerprint density at radius 1 is 0.812 bits per heavy atom. The Bertz CT molecular complexity index is 1910. The summed E-state index contributed by atoms with van der Waals surface area (Å²) in [7, 11) is 0. The Hall–Kier alpha value is -4.95. The molecule has 244 valence electrons. The number of ether oxygens (including phenoxy) is 1. The molecule has 4 aromatic carbocycles. The summed E-state index contributed by atoms with van der Waals surface area (Å²) < 4.78 is 7.47. The van der Waals surface area contributed by atoms with Gasteiger partial charge in [0.05, 0.1) is 29.1 Å². The molecule has 2 fully saturated rings. The second-order valence-electron chi connectivity index (χ2n) is 13.4. The Labute approximate surface area is 284 Å². The van der Waals surface area contributed by atoms with Crippen molar-refractivity contribution in [2.75, 3.05) is 0 Å². The van der Waals surface area contributed by atoms with E-state index in [2.05, 4.69) is 36.4 Å². The fourth-order valence-corrected chi connectivity index (χ4v) is 6.79. The molecule has 0 amide bonds. The van der Waals surface area contributed by atoms with Gasteiger partial charge in [-0.3, -0.25) is 9.36 Å². The highest BCUT2D eigenvalue weighted by atomic mass is 16.5. The Morgan fingerprint density at radius 2 is 1.48 bits per heavy atom. The molecule has 0 unspecified atom stereocenters. The summed E-state index contributed by atoms with van der Waals surface area (Å²) in [6, 6.07) is 36.6. The molecule has 0 bridgehead atoms. The van der Waals surface area contributed by atoms with Crippen molar-refractivity contribution in [3.8, 4) is 28.6 Å². The van der Waals surface area contributed by atoms with E-state index >= 15 is 0 Å². The van der Waals surface area contributed by atoms with Gasteiger partial charge in [0.25, 0.3) is 5.56 Å². The van der Waals surface area contributed by atoms with Crippen LogP contribution in [0.25, 0.3) is 16.8 Å². The maximum atomic E-state index is 13.8. The average molecular weight is 636 g/mol. The molecule has 0 N–H and O–H groups in total. The zero-order valence-electron chi connectivity index (χ0n) is 28.4. The molecule has 5 heteroatoms. The Morgan fingerprint density at radius 3 is 2.12 bits per heavy atom. The first-order valence-electron chi connectivity index (χ1n) is 17.4. The summed E-state index contributed by atoms with van der Waals surface area (Å²) in [4.78, 5) is 18.8. The third-order valence-corrected chi connectivity index (χ3v) is 9.38. The molecule has 0 spiro atoms. The lowest BCUT2D eigenvalue weighted by molar-refractivity contribution is 0.242. The molecule has 1 heterocycles. The Balaban J connectivity index is 0.000000280. The van der Waals surface area contributed by atoms with Gasteiger partial charge in [-0.15, -0.1) is 0 Å². The first-order valence-corrected chi connectivity index (χ1v) is 17.4. The number of hydrogen-bond acceptors (Lipinski definition) is 4. The standard InChI is InChI=1S/C31H29N3O2.C12H16/c1-20(2)36-27-16-14-26(15-17-27)34-21(3)33-30(24-12-13-24)29(31(34)35)18-22-8-10-23(11-9-22)28-7-5-4-6-25(28)19-32;1-3-7-11(8-4-1)12-9-5-2-6-10-12/h4-11,14-17,20,24H,12-13,18H2,1-3H3;1,3-4,7-8,12H,2,5-6,9-10H2. The summed E-state index contributed by atoms with van der Waals surface area (Å²) in [5.41, 5.74) is 7.62. The SMILES string of the molecule is Cc1nc(C2CC2)c(Cc2ccc(-c3ccccc3C#N)cc2)c(=O)n1-c1ccc(OC(C)C)cc1.c1ccc(C2CCCCC2)cc1. The smallest absolute Gasteiger partial charge is 0.261 e. The maximum absolute atomic E-state index is 13.8. The molecule has 2 aliphatic rings. The van der Waals surface area contributed by atoms with Gasteiger partial charge >= 0.3 is 0 Å². The molecular weight excluding hydrogens is 590 g/mol. The molecule has 7 rings (SSSR count). The van der Waals surface area contributed by atoms with Crippen molar-refractivity contribution in [2.24, 2.45) is 0 Å². The molecule has 0 atom stereocenters. The van der Waals surface area contributed by atoms with E-state index in [1.165, 1.54) is 32.1 Å². The number of nitriles is 1.